The molecule has 4 aromatic rings. The molecule has 0 bridgehead atoms. The predicted molar refractivity (Wildman–Crippen MR) is 128 cm³/mol. The van der Waals surface area contributed by atoms with Gasteiger partial charge in [-0.05, 0) is 54.8 Å². The number of rotatable bonds is 8. The lowest BCUT2D eigenvalue weighted by Crippen LogP contribution is -2.05. The molecule has 0 unspecified atom stereocenters. The van der Waals surface area contributed by atoms with Crippen molar-refractivity contribution in [3.63, 3.8) is 0 Å². The second kappa shape index (κ2) is 9.38. The number of carbonyl (C=O) groups is 1. The Hall–Kier alpha value is -3.77. The number of carboxylic acid groups (broad SMARTS) is 1. The zero-order chi connectivity index (χ0) is 23.5. The standard InChI is InChI=1S/C27H27NO5/c1-16(28)18-5-4-6-19(11-18)20-8-10-25-23(12-20)24(17(2)33-25)15-32-26-14-22(31-3)9-7-21(26)13-27(29)30/h4-12,14,16H,13,15,28H2,1-3H3,(H,29,30)/t16-/m1/s1. The van der Waals surface area contributed by atoms with Crippen molar-refractivity contribution >= 4 is 16.9 Å². The van der Waals surface area contributed by atoms with E-state index in [-0.39, 0.29) is 19.1 Å². The highest BCUT2D eigenvalue weighted by Gasteiger charge is 2.16. The zero-order valence-corrected chi connectivity index (χ0v) is 18.9. The third-order valence-electron chi connectivity index (χ3n) is 5.73. The van der Waals surface area contributed by atoms with Gasteiger partial charge >= 0.3 is 5.97 Å². The molecule has 0 fully saturated rings. The summed E-state index contributed by atoms with van der Waals surface area (Å²) >= 11 is 0. The van der Waals surface area contributed by atoms with Gasteiger partial charge < -0.3 is 24.7 Å². The summed E-state index contributed by atoms with van der Waals surface area (Å²) in [7, 11) is 1.56. The molecule has 1 atom stereocenters. The van der Waals surface area contributed by atoms with Crippen LogP contribution in [0.2, 0.25) is 0 Å². The highest BCUT2D eigenvalue weighted by molar-refractivity contribution is 5.87. The van der Waals surface area contributed by atoms with Crippen molar-refractivity contribution in [2.45, 2.75) is 32.9 Å². The van der Waals surface area contributed by atoms with Crippen LogP contribution < -0.4 is 15.2 Å². The number of benzene rings is 3. The monoisotopic (exact) mass is 445 g/mol. The number of hydrogen-bond acceptors (Lipinski definition) is 5. The van der Waals surface area contributed by atoms with Crippen LogP contribution in [0.15, 0.2) is 65.1 Å². The largest absolute Gasteiger partial charge is 0.497 e. The second-order valence-corrected chi connectivity index (χ2v) is 8.09. The van der Waals surface area contributed by atoms with E-state index in [1.54, 1.807) is 25.3 Å². The Labute approximate surface area is 192 Å². The van der Waals surface area contributed by atoms with Crippen molar-refractivity contribution in [3.8, 4) is 22.6 Å². The molecule has 3 N–H and O–H groups in total. The molecule has 4 rings (SSSR count). The summed E-state index contributed by atoms with van der Waals surface area (Å²) in [6.45, 7) is 4.11. The first-order chi connectivity index (χ1) is 15.9. The number of hydrogen-bond donors (Lipinski definition) is 2. The summed E-state index contributed by atoms with van der Waals surface area (Å²) in [5, 5.41) is 10.2. The van der Waals surface area contributed by atoms with Gasteiger partial charge in [0, 0.05) is 28.6 Å². The quantitative estimate of drug-likeness (QED) is 0.364. The lowest BCUT2D eigenvalue weighted by atomic mass is 9.98. The highest BCUT2D eigenvalue weighted by atomic mass is 16.5. The van der Waals surface area contributed by atoms with E-state index in [0.717, 1.165) is 39.0 Å². The molecule has 0 aliphatic heterocycles. The number of fused-ring (bicyclic) bond motifs is 1. The normalized spacial score (nSPS) is 12.0. The number of aliphatic carboxylic acids is 1. The van der Waals surface area contributed by atoms with Crippen LogP contribution in [-0.4, -0.2) is 18.2 Å². The van der Waals surface area contributed by atoms with E-state index in [1.165, 1.54) is 0 Å². The fraction of sp³-hybridized carbons (Fsp3) is 0.222. The molecule has 33 heavy (non-hydrogen) atoms. The third kappa shape index (κ3) is 4.86. The number of ether oxygens (including phenoxy) is 2. The molecule has 0 radical (unpaired) electrons. The van der Waals surface area contributed by atoms with Crippen LogP contribution >= 0.6 is 0 Å². The summed E-state index contributed by atoms with van der Waals surface area (Å²) in [6, 6.07) is 19.4. The van der Waals surface area contributed by atoms with E-state index in [9.17, 15) is 9.90 Å². The van der Waals surface area contributed by atoms with E-state index in [0.29, 0.717) is 17.1 Å². The van der Waals surface area contributed by atoms with Crippen LogP contribution in [0.1, 0.15) is 35.4 Å². The number of methoxy groups -OCH3 is 1. The second-order valence-electron chi connectivity index (χ2n) is 8.09. The molecule has 170 valence electrons. The van der Waals surface area contributed by atoms with Crippen LogP contribution in [0.4, 0.5) is 0 Å². The van der Waals surface area contributed by atoms with Crippen LogP contribution in [0.5, 0.6) is 11.5 Å². The number of carboxylic acids is 1. The Morgan fingerprint density at radius 2 is 1.88 bits per heavy atom. The molecule has 0 aliphatic carbocycles. The highest BCUT2D eigenvalue weighted by Crippen LogP contribution is 2.33. The van der Waals surface area contributed by atoms with Gasteiger partial charge in [-0.15, -0.1) is 0 Å². The summed E-state index contributed by atoms with van der Waals surface area (Å²) < 4.78 is 17.3. The molecule has 0 amide bonds. The van der Waals surface area contributed by atoms with Crippen molar-refractivity contribution < 1.29 is 23.8 Å². The maximum atomic E-state index is 11.3. The molecule has 0 spiro atoms. The predicted octanol–water partition coefficient (Wildman–Crippen LogP) is 5.64. The number of aryl methyl sites for hydroxylation is 1. The Bertz CT molecular complexity index is 1310. The molecule has 1 aromatic heterocycles. The lowest BCUT2D eigenvalue weighted by Gasteiger charge is -2.12. The average molecular weight is 446 g/mol. The summed E-state index contributed by atoms with van der Waals surface area (Å²) in [6.07, 6.45) is -0.134. The molecule has 0 aliphatic rings. The van der Waals surface area contributed by atoms with Gasteiger partial charge in [0.2, 0.25) is 0 Å². The van der Waals surface area contributed by atoms with Crippen molar-refractivity contribution in [2.24, 2.45) is 5.73 Å². The first-order valence-electron chi connectivity index (χ1n) is 10.7. The van der Waals surface area contributed by atoms with Gasteiger partial charge in [-0.2, -0.15) is 0 Å². The van der Waals surface area contributed by atoms with Gasteiger partial charge in [0.05, 0.1) is 13.5 Å². The van der Waals surface area contributed by atoms with Gasteiger partial charge in [-0.1, -0.05) is 30.3 Å². The molecular formula is C27H27NO5. The molecular weight excluding hydrogens is 418 g/mol. The fourth-order valence-corrected chi connectivity index (χ4v) is 3.89. The summed E-state index contributed by atoms with van der Waals surface area (Å²) in [4.78, 5) is 11.3. The van der Waals surface area contributed by atoms with Gasteiger partial charge in [-0.25, -0.2) is 0 Å². The van der Waals surface area contributed by atoms with E-state index in [4.69, 9.17) is 19.6 Å². The maximum absolute atomic E-state index is 11.3. The topological polar surface area (TPSA) is 94.9 Å². The summed E-state index contributed by atoms with van der Waals surface area (Å²) in [5.74, 6) is 0.915. The van der Waals surface area contributed by atoms with Crippen LogP contribution in [0.3, 0.4) is 0 Å². The Morgan fingerprint density at radius 1 is 1.09 bits per heavy atom. The van der Waals surface area contributed by atoms with Crippen LogP contribution in [-0.2, 0) is 17.8 Å². The van der Waals surface area contributed by atoms with Crippen LogP contribution in [0, 0.1) is 6.92 Å². The van der Waals surface area contributed by atoms with Crippen molar-refractivity contribution in [1.29, 1.82) is 0 Å². The first kappa shape index (κ1) is 22.4. The molecule has 0 saturated carbocycles. The number of furan rings is 1. The average Bonchev–Trinajstić information content (AvgIpc) is 3.12. The third-order valence-corrected chi connectivity index (χ3v) is 5.73. The van der Waals surface area contributed by atoms with Gasteiger partial charge in [0.15, 0.2) is 0 Å². The molecule has 0 saturated heterocycles. The summed E-state index contributed by atoms with van der Waals surface area (Å²) in [5.41, 5.74) is 11.5. The minimum Gasteiger partial charge on any atom is -0.497 e. The van der Waals surface area contributed by atoms with E-state index in [2.05, 4.69) is 18.2 Å². The minimum absolute atomic E-state index is 0.0447. The van der Waals surface area contributed by atoms with Crippen molar-refractivity contribution in [1.82, 2.24) is 0 Å². The molecule has 3 aromatic carbocycles. The van der Waals surface area contributed by atoms with E-state index in [1.807, 2.05) is 38.1 Å². The van der Waals surface area contributed by atoms with E-state index >= 15 is 0 Å². The van der Waals surface area contributed by atoms with E-state index < -0.39 is 5.97 Å². The molecule has 1 heterocycles. The zero-order valence-electron chi connectivity index (χ0n) is 18.9. The van der Waals surface area contributed by atoms with Gasteiger partial charge in [0.1, 0.15) is 29.4 Å². The van der Waals surface area contributed by atoms with Gasteiger partial charge in [0.25, 0.3) is 0 Å². The first-order valence-corrected chi connectivity index (χ1v) is 10.7. The Morgan fingerprint density at radius 3 is 2.61 bits per heavy atom. The smallest absolute Gasteiger partial charge is 0.307 e. The minimum atomic E-state index is -0.923. The van der Waals surface area contributed by atoms with Crippen molar-refractivity contribution in [3.05, 3.63) is 83.1 Å². The van der Waals surface area contributed by atoms with Crippen molar-refractivity contribution in [2.75, 3.05) is 7.11 Å². The van der Waals surface area contributed by atoms with Gasteiger partial charge in [-0.3, -0.25) is 4.79 Å². The Balaban J connectivity index is 1.68. The van der Waals surface area contributed by atoms with Crippen LogP contribution in [0.25, 0.3) is 22.1 Å². The lowest BCUT2D eigenvalue weighted by molar-refractivity contribution is -0.136. The fourth-order valence-electron chi connectivity index (χ4n) is 3.89. The maximum Gasteiger partial charge on any atom is 0.307 e. The molecule has 6 nitrogen and oxygen atoms in total. The molecule has 6 heteroatoms. The SMILES string of the molecule is COc1ccc(CC(=O)O)c(OCc2c(C)oc3ccc(-c4cccc([C@@H](C)N)c4)cc23)c1. The Kier molecular flexibility index (Phi) is 6.38. The number of nitrogens with two attached hydrogens (primary N) is 1.